The number of anilines is 3. The lowest BCUT2D eigenvalue weighted by Gasteiger charge is -2.24. The van der Waals surface area contributed by atoms with Crippen LogP contribution in [0.1, 0.15) is 47.8 Å². The molecule has 2 fully saturated rings. The number of nitrogens with zero attached hydrogens (tertiary/aromatic N) is 4. The van der Waals surface area contributed by atoms with Crippen LogP contribution in [0.25, 0.3) is 10.4 Å². The van der Waals surface area contributed by atoms with Crippen molar-refractivity contribution in [2.75, 3.05) is 23.8 Å². The topological polar surface area (TPSA) is 145 Å². The molecule has 1 saturated heterocycles. The SMILES string of the molecule is CNS(=O)(=O)c1cc(-c2sc(Nc3cccc(N4C[C@H](O)CC4=O)n3)nc2C)cc2c1C(=O)N([C@@H](C)C1CC1)C2. The lowest BCUT2D eigenvalue weighted by molar-refractivity contribution is -0.117. The number of thiazole rings is 1. The maximum absolute atomic E-state index is 13.4. The third kappa shape index (κ3) is 4.76. The van der Waals surface area contributed by atoms with Crippen molar-refractivity contribution >= 4 is 49.9 Å². The van der Waals surface area contributed by atoms with Crippen molar-refractivity contribution in [3.63, 3.8) is 0 Å². The summed E-state index contributed by atoms with van der Waals surface area (Å²) in [5.74, 6) is 0.954. The van der Waals surface area contributed by atoms with E-state index in [0.29, 0.717) is 46.1 Å². The molecule has 4 heterocycles. The Morgan fingerprint density at radius 2 is 1.95 bits per heavy atom. The number of aliphatic hydroxyl groups is 1. The number of nitrogens with one attached hydrogen (secondary N) is 2. The normalized spacial score (nSPS) is 19.9. The molecule has 1 aromatic carbocycles. The molecule has 2 atom stereocenters. The summed E-state index contributed by atoms with van der Waals surface area (Å²) < 4.78 is 28.5. The van der Waals surface area contributed by atoms with Crippen molar-refractivity contribution < 1.29 is 23.1 Å². The molecule has 0 spiro atoms. The Morgan fingerprint density at radius 3 is 2.62 bits per heavy atom. The van der Waals surface area contributed by atoms with Gasteiger partial charge in [-0.1, -0.05) is 17.4 Å². The molecule has 0 unspecified atom stereocenters. The zero-order valence-electron chi connectivity index (χ0n) is 22.3. The van der Waals surface area contributed by atoms with Crippen LogP contribution in [0.2, 0.25) is 0 Å². The number of carbonyl (C=O) groups is 2. The van der Waals surface area contributed by atoms with Crippen LogP contribution in [0.5, 0.6) is 0 Å². The van der Waals surface area contributed by atoms with Crippen LogP contribution in [-0.2, 0) is 21.4 Å². The van der Waals surface area contributed by atoms with Gasteiger partial charge >= 0.3 is 0 Å². The second-order valence-electron chi connectivity index (χ2n) is 10.5. The molecule has 2 amide bonds. The number of fused-ring (bicyclic) bond motifs is 1. The third-order valence-corrected chi connectivity index (χ3v) is 10.3. The molecule has 11 nitrogen and oxygen atoms in total. The first-order chi connectivity index (χ1) is 19.1. The molecule has 6 rings (SSSR count). The number of rotatable bonds is 8. The van der Waals surface area contributed by atoms with Crippen molar-refractivity contribution in [3.8, 4) is 10.4 Å². The molecule has 40 heavy (non-hydrogen) atoms. The van der Waals surface area contributed by atoms with Gasteiger partial charge in [0.2, 0.25) is 15.9 Å². The largest absolute Gasteiger partial charge is 0.391 e. The van der Waals surface area contributed by atoms with Crippen LogP contribution in [-0.4, -0.2) is 65.9 Å². The molecule has 2 aliphatic heterocycles. The number of hydrogen-bond donors (Lipinski definition) is 3. The first kappa shape index (κ1) is 26.8. The number of aromatic nitrogens is 2. The van der Waals surface area contributed by atoms with Crippen molar-refractivity contribution in [2.24, 2.45) is 5.92 Å². The van der Waals surface area contributed by atoms with Crippen LogP contribution >= 0.6 is 11.3 Å². The van der Waals surface area contributed by atoms with Gasteiger partial charge in [0.05, 0.1) is 40.1 Å². The van der Waals surface area contributed by atoms with Gasteiger partial charge in [0.25, 0.3) is 5.91 Å². The highest BCUT2D eigenvalue weighted by Crippen LogP contribution is 2.42. The summed E-state index contributed by atoms with van der Waals surface area (Å²) in [5.41, 5.74) is 2.30. The molecular weight excluding hydrogens is 552 g/mol. The molecule has 0 radical (unpaired) electrons. The number of hydrogen-bond acceptors (Lipinski definition) is 9. The Hall–Kier alpha value is -3.39. The maximum Gasteiger partial charge on any atom is 0.256 e. The van der Waals surface area contributed by atoms with Crippen LogP contribution in [0.4, 0.5) is 16.8 Å². The molecule has 210 valence electrons. The third-order valence-electron chi connectivity index (χ3n) is 7.76. The molecule has 1 saturated carbocycles. The summed E-state index contributed by atoms with van der Waals surface area (Å²) in [4.78, 5) is 38.8. The van der Waals surface area contributed by atoms with Gasteiger partial charge in [-0.3, -0.25) is 14.5 Å². The fourth-order valence-electron chi connectivity index (χ4n) is 5.44. The van der Waals surface area contributed by atoms with E-state index in [-0.39, 0.29) is 41.3 Å². The molecule has 1 aliphatic carbocycles. The van der Waals surface area contributed by atoms with E-state index >= 15 is 0 Å². The molecule has 13 heteroatoms. The maximum atomic E-state index is 13.4. The molecule has 3 N–H and O–H groups in total. The minimum Gasteiger partial charge on any atom is -0.391 e. The molecule has 2 aromatic heterocycles. The number of β-amino-alcohol motifs (C(OH)–C–C–N with tert-alkyl or cyclic N) is 1. The minimum atomic E-state index is -3.91. The molecule has 3 aliphatic rings. The smallest absolute Gasteiger partial charge is 0.256 e. The van der Waals surface area contributed by atoms with E-state index in [9.17, 15) is 23.1 Å². The number of aryl methyl sites for hydroxylation is 1. The van der Waals surface area contributed by atoms with Crippen LogP contribution in [0.3, 0.4) is 0 Å². The summed E-state index contributed by atoms with van der Waals surface area (Å²) in [5, 5.41) is 13.6. The molecule has 0 bridgehead atoms. The number of amides is 2. The summed E-state index contributed by atoms with van der Waals surface area (Å²) >= 11 is 1.35. The lowest BCUT2D eigenvalue weighted by Crippen LogP contribution is -2.35. The average molecular weight is 583 g/mol. The predicted octanol–water partition coefficient (Wildman–Crippen LogP) is 3.02. The van der Waals surface area contributed by atoms with Gasteiger partial charge < -0.3 is 15.3 Å². The quantitative estimate of drug-likeness (QED) is 0.368. The van der Waals surface area contributed by atoms with Gasteiger partial charge in [0.1, 0.15) is 11.6 Å². The zero-order chi connectivity index (χ0) is 28.3. The zero-order valence-corrected chi connectivity index (χ0v) is 24.0. The number of carbonyl (C=O) groups excluding carboxylic acids is 2. The van der Waals surface area contributed by atoms with Crippen LogP contribution < -0.4 is 14.9 Å². The van der Waals surface area contributed by atoms with Gasteiger partial charge in [-0.25, -0.2) is 23.1 Å². The van der Waals surface area contributed by atoms with Crippen LogP contribution in [0, 0.1) is 12.8 Å². The van der Waals surface area contributed by atoms with E-state index < -0.39 is 16.1 Å². The lowest BCUT2D eigenvalue weighted by atomic mass is 10.0. The first-order valence-corrected chi connectivity index (χ1v) is 15.5. The summed E-state index contributed by atoms with van der Waals surface area (Å²) in [6.07, 6.45) is 1.53. The Labute approximate surface area is 236 Å². The monoisotopic (exact) mass is 582 g/mol. The summed E-state index contributed by atoms with van der Waals surface area (Å²) in [6.45, 7) is 4.45. The van der Waals surface area contributed by atoms with Crippen LogP contribution in [0.15, 0.2) is 35.2 Å². The molecular formula is C27H30N6O5S2. The second kappa shape index (κ2) is 9.91. The predicted molar refractivity (Wildman–Crippen MR) is 151 cm³/mol. The highest BCUT2D eigenvalue weighted by Gasteiger charge is 2.41. The van der Waals surface area contributed by atoms with E-state index in [1.54, 1.807) is 29.2 Å². The van der Waals surface area contributed by atoms with E-state index in [1.165, 1.54) is 23.3 Å². The summed E-state index contributed by atoms with van der Waals surface area (Å²) in [6, 6.07) is 8.74. The van der Waals surface area contributed by atoms with E-state index in [0.717, 1.165) is 17.7 Å². The van der Waals surface area contributed by atoms with Crippen molar-refractivity contribution in [2.45, 2.75) is 56.7 Å². The second-order valence-corrected chi connectivity index (χ2v) is 13.4. The Kier molecular flexibility index (Phi) is 6.64. The van der Waals surface area contributed by atoms with E-state index in [1.807, 2.05) is 19.9 Å². The van der Waals surface area contributed by atoms with Crippen molar-refractivity contribution in [1.29, 1.82) is 0 Å². The summed E-state index contributed by atoms with van der Waals surface area (Å²) in [7, 11) is -2.56. The van der Waals surface area contributed by atoms with E-state index in [2.05, 4.69) is 20.0 Å². The Morgan fingerprint density at radius 1 is 1.18 bits per heavy atom. The van der Waals surface area contributed by atoms with Gasteiger partial charge in [0, 0.05) is 12.6 Å². The highest BCUT2D eigenvalue weighted by molar-refractivity contribution is 7.89. The number of pyridine rings is 1. The van der Waals surface area contributed by atoms with Gasteiger partial charge in [-0.05, 0) is 75.0 Å². The number of sulfonamides is 1. The highest BCUT2D eigenvalue weighted by atomic mass is 32.2. The first-order valence-electron chi connectivity index (χ1n) is 13.2. The number of aliphatic hydroxyl groups excluding tert-OH is 1. The Bertz CT molecular complexity index is 1630. The Balaban J connectivity index is 1.33. The number of benzene rings is 1. The van der Waals surface area contributed by atoms with Gasteiger partial charge in [-0.2, -0.15) is 0 Å². The minimum absolute atomic E-state index is 0.0212. The van der Waals surface area contributed by atoms with Crippen molar-refractivity contribution in [3.05, 3.63) is 47.2 Å². The van der Waals surface area contributed by atoms with E-state index in [4.69, 9.17) is 0 Å². The molecule has 3 aromatic rings. The fourth-order valence-corrected chi connectivity index (χ4v) is 7.39. The average Bonchev–Trinajstić information content (AvgIpc) is 3.53. The standard InChI is InChI=1S/C27H30N6O5S2/c1-14-25(39-27(29-14)31-21-5-4-6-22(30-21)33-13-19(34)11-23(33)35)17-9-18-12-32(15(2)16-7-8-16)26(36)24(18)20(10-17)40(37,38)28-3/h4-6,9-10,15-16,19,28,34H,7-8,11-13H2,1-3H3,(H,29,30,31)/t15-,19+/m0/s1. The van der Waals surface area contributed by atoms with Gasteiger partial charge in [-0.15, -0.1) is 0 Å². The van der Waals surface area contributed by atoms with Crippen molar-refractivity contribution in [1.82, 2.24) is 19.6 Å². The fraction of sp³-hybridized carbons (Fsp3) is 0.407. The van der Waals surface area contributed by atoms with Gasteiger partial charge in [0.15, 0.2) is 5.13 Å².